The number of carbonyl (C=O) groups excluding carboxylic acids is 2. The number of allylic oxidation sites excluding steroid dienone is 4. The van der Waals surface area contributed by atoms with Crippen LogP contribution in [0.4, 0.5) is 18.0 Å². The highest BCUT2D eigenvalue weighted by Crippen LogP contribution is 2.78. The fraction of sp³-hybridized carbons (Fsp3) is 0.673. The van der Waals surface area contributed by atoms with Crippen LogP contribution < -0.4 is 5.32 Å². The highest BCUT2D eigenvalue weighted by molar-refractivity contribution is 6.33. The van der Waals surface area contributed by atoms with E-state index in [0.29, 0.717) is 37.8 Å². The van der Waals surface area contributed by atoms with Crippen LogP contribution in [0.15, 0.2) is 58.6 Å². The van der Waals surface area contributed by atoms with Gasteiger partial charge in [-0.15, -0.1) is 0 Å². The largest absolute Gasteiger partial charge is 0.453 e. The molecular weight excluding hydrogens is 789 g/mol. The first-order valence-electron chi connectivity index (χ1n) is 22.6. The van der Waals surface area contributed by atoms with Crippen LogP contribution in [0.2, 0.25) is 5.02 Å². The summed E-state index contributed by atoms with van der Waals surface area (Å²) in [5, 5.41) is 27.8. The number of furan rings is 1. The zero-order valence-electron chi connectivity index (χ0n) is 35.3. The SMILES string of the molecule is CC(C)NC(=O)N(CC12CC3CC(CC(C3)C1)C2)C[C@]1(O)CC[C@H]2[C@]34C=C[C@@]5(C=C3C(=O)c3ccc(-c6cc(C(F)(F)F)ccc6Cl)o3)CC(O)CC[C@]5(C)[C@H]4CC[C@@]21C. The number of nitrogens with zero attached hydrogens (tertiary/aromatic N) is 1. The average Bonchev–Trinajstić information content (AvgIpc) is 3.75. The Labute approximate surface area is 356 Å². The summed E-state index contributed by atoms with van der Waals surface area (Å²) in [7, 11) is 0. The second-order valence-electron chi connectivity index (χ2n) is 21.9. The van der Waals surface area contributed by atoms with Gasteiger partial charge in [-0.05, 0) is 168 Å². The minimum absolute atomic E-state index is 0.0147. The molecule has 7 fully saturated rings. The molecule has 8 atom stereocenters. The Balaban J connectivity index is 1.02. The lowest BCUT2D eigenvalue weighted by Gasteiger charge is -2.71. The highest BCUT2D eigenvalue weighted by atomic mass is 35.5. The van der Waals surface area contributed by atoms with Crippen molar-refractivity contribution in [1.29, 1.82) is 0 Å². The van der Waals surface area contributed by atoms with E-state index in [1.165, 1.54) is 37.5 Å². The van der Waals surface area contributed by atoms with Gasteiger partial charge < -0.3 is 24.8 Å². The molecule has 1 heterocycles. The first-order chi connectivity index (χ1) is 28.2. The van der Waals surface area contributed by atoms with Gasteiger partial charge in [-0.1, -0.05) is 43.7 Å². The summed E-state index contributed by atoms with van der Waals surface area (Å²) in [6.07, 6.45) is 13.5. The van der Waals surface area contributed by atoms with Gasteiger partial charge in [-0.2, -0.15) is 13.2 Å². The summed E-state index contributed by atoms with van der Waals surface area (Å²) in [6.45, 7) is 9.35. The minimum Gasteiger partial charge on any atom is -0.453 e. The molecule has 7 nitrogen and oxygen atoms in total. The van der Waals surface area contributed by atoms with Crippen molar-refractivity contribution >= 4 is 23.4 Å². The van der Waals surface area contributed by atoms with Gasteiger partial charge in [0.25, 0.3) is 0 Å². The van der Waals surface area contributed by atoms with E-state index in [0.717, 1.165) is 68.4 Å². The molecule has 10 aliphatic carbocycles. The third kappa shape index (κ3) is 5.87. The number of hydrogen-bond donors (Lipinski definition) is 3. The summed E-state index contributed by atoms with van der Waals surface area (Å²) in [4.78, 5) is 31.5. The standard InChI is InChI=1S/C49H60ClF3N2O5/c1-28(2)54-42(58)55(26-45-21-29-17-30(22-45)19-31(18-29)23-45)27-47(59)14-11-40-44(47,4)13-10-39-43(3)12-9-33(56)24-46(43)15-16-48(39,40)35(25-46)41(57)38-8-7-37(60-38)34-20-32(49(51,52)53)5-6-36(34)50/h5-8,15-16,20,25,28-31,33,39-40,56,59H,9-14,17-19,21-24,26-27H2,1-4H3,(H,54,58)/t29?,30?,31?,33?,39-,40-,43-,44+,45?,46+,47-,48-/m1/s1. The first kappa shape index (κ1) is 41.0. The maximum absolute atomic E-state index is 15.2. The topological polar surface area (TPSA) is 103 Å². The molecule has 60 heavy (non-hydrogen) atoms. The molecule has 11 heteroatoms. The highest BCUT2D eigenvalue weighted by Gasteiger charge is 2.75. The van der Waals surface area contributed by atoms with E-state index in [4.69, 9.17) is 16.0 Å². The summed E-state index contributed by atoms with van der Waals surface area (Å²) in [6, 6.07) is 5.93. The van der Waals surface area contributed by atoms with Crippen LogP contribution in [0.5, 0.6) is 0 Å². The minimum atomic E-state index is -4.59. The molecule has 1 aromatic heterocycles. The van der Waals surface area contributed by atoms with Crippen LogP contribution in [0.25, 0.3) is 11.3 Å². The number of carbonyl (C=O) groups is 2. The molecule has 1 aromatic carbocycles. The van der Waals surface area contributed by atoms with Crippen LogP contribution in [0.3, 0.4) is 0 Å². The number of hydrogen-bond acceptors (Lipinski definition) is 5. The van der Waals surface area contributed by atoms with Crippen molar-refractivity contribution in [1.82, 2.24) is 10.2 Å². The van der Waals surface area contributed by atoms with Gasteiger partial charge in [-0.25, -0.2) is 4.79 Å². The van der Waals surface area contributed by atoms with Gasteiger partial charge in [-0.3, -0.25) is 4.79 Å². The number of urea groups is 1. The van der Waals surface area contributed by atoms with Gasteiger partial charge in [0.1, 0.15) is 5.76 Å². The van der Waals surface area contributed by atoms with Gasteiger partial charge in [0.15, 0.2) is 5.76 Å². The Morgan fingerprint density at radius 2 is 1.55 bits per heavy atom. The Hall–Kier alpha value is -3.08. The van der Waals surface area contributed by atoms with Crippen LogP contribution in [-0.4, -0.2) is 57.8 Å². The second-order valence-corrected chi connectivity index (χ2v) is 22.3. The number of ketones is 1. The van der Waals surface area contributed by atoms with Crippen molar-refractivity contribution < 1.29 is 37.4 Å². The van der Waals surface area contributed by atoms with Crippen molar-refractivity contribution in [2.75, 3.05) is 13.1 Å². The fourth-order valence-electron chi connectivity index (χ4n) is 16.0. The van der Waals surface area contributed by atoms with Gasteiger partial charge in [0, 0.05) is 40.0 Å². The van der Waals surface area contributed by atoms with E-state index in [-0.39, 0.29) is 69.2 Å². The smallest absolute Gasteiger partial charge is 0.416 e. The molecule has 2 aromatic rings. The lowest BCUT2D eigenvalue weighted by molar-refractivity contribution is -0.176. The van der Waals surface area contributed by atoms with Crippen LogP contribution in [0.1, 0.15) is 127 Å². The van der Waals surface area contributed by atoms with Crippen molar-refractivity contribution in [2.24, 2.45) is 56.7 Å². The van der Waals surface area contributed by atoms with E-state index in [1.807, 2.05) is 18.7 Å². The van der Waals surface area contributed by atoms with Gasteiger partial charge in [0.05, 0.1) is 28.8 Å². The maximum atomic E-state index is 15.2. The quantitative estimate of drug-likeness (QED) is 0.181. The molecule has 7 saturated carbocycles. The number of nitrogens with one attached hydrogen (secondary N) is 1. The number of aliphatic hydroxyl groups is 2. The number of halogens is 4. The molecule has 12 rings (SSSR count). The molecule has 0 saturated heterocycles. The monoisotopic (exact) mass is 848 g/mol. The molecule has 10 aliphatic rings. The van der Waals surface area contributed by atoms with Gasteiger partial charge >= 0.3 is 12.2 Å². The van der Waals surface area contributed by atoms with E-state index in [1.54, 1.807) is 0 Å². The summed E-state index contributed by atoms with van der Waals surface area (Å²) in [5.74, 6) is 1.82. The molecule has 324 valence electrons. The van der Waals surface area contributed by atoms with E-state index >= 15 is 4.79 Å². The third-order valence-electron chi connectivity index (χ3n) is 18.2. The van der Waals surface area contributed by atoms with E-state index in [9.17, 15) is 28.2 Å². The number of fused-ring (bicyclic) bond motifs is 1. The van der Waals surface area contributed by atoms with Crippen LogP contribution in [0, 0.1) is 56.7 Å². The number of amides is 2. The normalized spacial score (nSPS) is 42.1. The zero-order valence-corrected chi connectivity index (χ0v) is 36.1. The first-order valence-corrected chi connectivity index (χ1v) is 23.0. The number of benzene rings is 1. The van der Waals surface area contributed by atoms with Crippen molar-refractivity contribution in [2.45, 2.75) is 135 Å². The third-order valence-corrected chi connectivity index (χ3v) is 18.5. The fourth-order valence-corrected chi connectivity index (χ4v) is 16.2. The molecule has 3 N–H and O–H groups in total. The van der Waals surface area contributed by atoms with E-state index in [2.05, 4.69) is 37.4 Å². The lowest BCUT2D eigenvalue weighted by Crippen LogP contribution is -2.67. The summed E-state index contributed by atoms with van der Waals surface area (Å²) in [5.41, 5.74) is -3.64. The summed E-state index contributed by atoms with van der Waals surface area (Å²) >= 11 is 6.43. The predicted molar refractivity (Wildman–Crippen MR) is 223 cm³/mol. The molecule has 2 amide bonds. The predicted octanol–water partition coefficient (Wildman–Crippen LogP) is 11.0. The Morgan fingerprint density at radius 1 is 0.900 bits per heavy atom. The zero-order chi connectivity index (χ0) is 42.4. The average molecular weight is 849 g/mol. The lowest BCUT2D eigenvalue weighted by atomic mass is 9.32. The second kappa shape index (κ2) is 13.5. The van der Waals surface area contributed by atoms with Crippen LogP contribution in [-0.2, 0) is 6.18 Å². The van der Waals surface area contributed by atoms with Crippen molar-refractivity contribution in [3.05, 3.63) is 70.5 Å². The summed E-state index contributed by atoms with van der Waals surface area (Å²) < 4.78 is 47.4. The number of rotatable bonds is 8. The van der Waals surface area contributed by atoms with Crippen molar-refractivity contribution in [3.63, 3.8) is 0 Å². The van der Waals surface area contributed by atoms with Crippen molar-refractivity contribution in [3.8, 4) is 11.3 Å². The number of aliphatic hydroxyl groups excluding tert-OH is 1. The van der Waals surface area contributed by atoms with E-state index < -0.39 is 39.7 Å². The Morgan fingerprint density at radius 3 is 2.22 bits per heavy atom. The Kier molecular flexibility index (Phi) is 9.19. The maximum Gasteiger partial charge on any atom is 0.416 e. The number of Topliss-reactive ketones (excluding diaryl/α,β-unsaturated/α-hetero) is 1. The molecule has 2 spiro atoms. The molecule has 0 aliphatic heterocycles. The molecule has 0 radical (unpaired) electrons. The van der Waals surface area contributed by atoms with Crippen LogP contribution >= 0.6 is 11.6 Å². The Bertz CT molecular complexity index is 2140. The number of alkyl halides is 3. The molecule has 1 unspecified atom stereocenters. The molecular formula is C49H60ClF3N2O5. The van der Waals surface area contributed by atoms with Gasteiger partial charge in [0.2, 0.25) is 5.78 Å². The molecule has 6 bridgehead atoms.